The average molecular weight is 265 g/mol. The number of thioether (sulfide) groups is 1. The van der Waals surface area contributed by atoms with E-state index in [4.69, 9.17) is 13.9 Å². The molecule has 0 aliphatic carbocycles. The highest BCUT2D eigenvalue weighted by Crippen LogP contribution is 2.24. The lowest BCUT2D eigenvalue weighted by Crippen LogP contribution is -2.10. The van der Waals surface area contributed by atoms with E-state index in [9.17, 15) is 0 Å². The van der Waals surface area contributed by atoms with Gasteiger partial charge >= 0.3 is 0 Å². The minimum absolute atomic E-state index is 0.177. The Hall–Kier alpha value is -1.44. The van der Waals surface area contributed by atoms with Crippen molar-refractivity contribution in [1.29, 1.82) is 0 Å². The number of rotatable bonds is 4. The molecule has 0 radical (unpaired) electrons. The first-order valence-electron chi connectivity index (χ1n) is 5.52. The molecule has 1 aliphatic rings. The quantitative estimate of drug-likeness (QED) is 0.777. The Balaban J connectivity index is 1.63. The van der Waals surface area contributed by atoms with Gasteiger partial charge in [0.2, 0.25) is 5.89 Å². The van der Waals surface area contributed by atoms with Gasteiger partial charge in [0, 0.05) is 12.4 Å². The van der Waals surface area contributed by atoms with Crippen LogP contribution in [0.5, 0.6) is 0 Å². The minimum atomic E-state index is -0.177. The van der Waals surface area contributed by atoms with Gasteiger partial charge in [-0.15, -0.1) is 10.2 Å². The van der Waals surface area contributed by atoms with Crippen molar-refractivity contribution in [1.82, 2.24) is 15.2 Å². The molecule has 3 rings (SSSR count). The summed E-state index contributed by atoms with van der Waals surface area (Å²) in [5, 5.41) is 8.44. The van der Waals surface area contributed by atoms with Crippen LogP contribution in [0.15, 0.2) is 34.2 Å². The van der Waals surface area contributed by atoms with Crippen molar-refractivity contribution in [2.24, 2.45) is 0 Å². The first kappa shape index (κ1) is 11.6. The third-order valence-corrected chi connectivity index (χ3v) is 3.20. The summed E-state index contributed by atoms with van der Waals surface area (Å²) in [5.74, 6) is 1.12. The highest BCUT2D eigenvalue weighted by molar-refractivity contribution is 7.99. The fourth-order valence-corrected chi connectivity index (χ4v) is 2.22. The third kappa shape index (κ3) is 2.69. The normalized spacial score (nSPS) is 16.2. The SMILES string of the molecule is c1cncc(-c2nnc(SCC3OCCO3)o2)c1. The highest BCUT2D eigenvalue weighted by atomic mass is 32.2. The first-order valence-corrected chi connectivity index (χ1v) is 6.50. The number of pyridine rings is 1. The van der Waals surface area contributed by atoms with Crippen LogP contribution in [0, 0.1) is 0 Å². The second kappa shape index (κ2) is 5.47. The summed E-state index contributed by atoms with van der Waals surface area (Å²) in [6.45, 7) is 1.30. The van der Waals surface area contributed by atoms with Crippen molar-refractivity contribution in [3.05, 3.63) is 24.5 Å². The fourth-order valence-electron chi connectivity index (χ4n) is 1.52. The van der Waals surface area contributed by atoms with E-state index in [1.54, 1.807) is 12.4 Å². The number of hydrogen-bond donors (Lipinski definition) is 0. The zero-order valence-corrected chi connectivity index (χ0v) is 10.3. The lowest BCUT2D eigenvalue weighted by molar-refractivity contribution is -0.0215. The van der Waals surface area contributed by atoms with E-state index < -0.39 is 0 Å². The highest BCUT2D eigenvalue weighted by Gasteiger charge is 2.18. The van der Waals surface area contributed by atoms with Crippen molar-refractivity contribution >= 4 is 11.8 Å². The fraction of sp³-hybridized carbons (Fsp3) is 0.364. The molecule has 0 N–H and O–H groups in total. The summed E-state index contributed by atoms with van der Waals surface area (Å²) in [7, 11) is 0. The van der Waals surface area contributed by atoms with Crippen molar-refractivity contribution in [3.8, 4) is 11.5 Å². The molecule has 1 aliphatic heterocycles. The Morgan fingerprint density at radius 3 is 2.94 bits per heavy atom. The van der Waals surface area contributed by atoms with Gasteiger partial charge in [-0.25, -0.2) is 0 Å². The molecule has 0 bridgehead atoms. The van der Waals surface area contributed by atoms with Crippen LogP contribution < -0.4 is 0 Å². The molecule has 0 atom stereocenters. The zero-order valence-electron chi connectivity index (χ0n) is 9.48. The van der Waals surface area contributed by atoms with Crippen LogP contribution >= 0.6 is 11.8 Å². The van der Waals surface area contributed by atoms with Crippen LogP contribution in [-0.2, 0) is 9.47 Å². The van der Waals surface area contributed by atoms with Gasteiger partial charge in [-0.3, -0.25) is 4.98 Å². The van der Waals surface area contributed by atoms with Crippen LogP contribution in [0.2, 0.25) is 0 Å². The lowest BCUT2D eigenvalue weighted by atomic mass is 10.3. The molecule has 0 aromatic carbocycles. The van der Waals surface area contributed by atoms with E-state index >= 15 is 0 Å². The Kier molecular flexibility index (Phi) is 3.54. The Morgan fingerprint density at radius 1 is 1.28 bits per heavy atom. The molecule has 1 fully saturated rings. The number of ether oxygens (including phenoxy) is 2. The molecule has 6 nitrogen and oxygen atoms in total. The van der Waals surface area contributed by atoms with Crippen LogP contribution in [0.1, 0.15) is 0 Å². The predicted molar refractivity (Wildman–Crippen MR) is 63.9 cm³/mol. The second-order valence-electron chi connectivity index (χ2n) is 3.60. The molecule has 0 spiro atoms. The molecule has 0 amide bonds. The number of nitrogens with zero attached hydrogens (tertiary/aromatic N) is 3. The predicted octanol–water partition coefficient (Wildman–Crippen LogP) is 1.60. The summed E-state index contributed by atoms with van der Waals surface area (Å²) in [6, 6.07) is 3.70. The molecule has 0 saturated carbocycles. The van der Waals surface area contributed by atoms with Crippen molar-refractivity contribution in [3.63, 3.8) is 0 Å². The van der Waals surface area contributed by atoms with Crippen LogP contribution in [0.25, 0.3) is 11.5 Å². The lowest BCUT2D eigenvalue weighted by Gasteiger charge is -2.04. The average Bonchev–Trinajstić information content (AvgIpc) is 3.09. The summed E-state index contributed by atoms with van der Waals surface area (Å²) in [6.07, 6.45) is 3.21. The summed E-state index contributed by atoms with van der Waals surface area (Å²) in [4.78, 5) is 4.00. The standard InChI is InChI=1S/C11H11N3O3S/c1-2-8(6-12-3-1)10-13-14-11(17-10)18-7-9-15-4-5-16-9/h1-3,6,9H,4-5,7H2. The van der Waals surface area contributed by atoms with E-state index in [0.29, 0.717) is 30.1 Å². The molecule has 1 saturated heterocycles. The van der Waals surface area contributed by atoms with Crippen LogP contribution in [-0.4, -0.2) is 40.4 Å². The molecule has 18 heavy (non-hydrogen) atoms. The maximum atomic E-state index is 5.52. The summed E-state index contributed by atoms with van der Waals surface area (Å²) >= 11 is 1.42. The monoisotopic (exact) mass is 265 g/mol. The van der Waals surface area contributed by atoms with Gasteiger partial charge in [0.25, 0.3) is 5.22 Å². The van der Waals surface area contributed by atoms with Gasteiger partial charge < -0.3 is 13.9 Å². The maximum absolute atomic E-state index is 5.52. The smallest absolute Gasteiger partial charge is 0.277 e. The van der Waals surface area contributed by atoms with Gasteiger partial charge in [0.1, 0.15) is 0 Å². The molecule has 2 aromatic rings. The minimum Gasteiger partial charge on any atom is -0.411 e. The van der Waals surface area contributed by atoms with E-state index in [1.165, 1.54) is 11.8 Å². The van der Waals surface area contributed by atoms with E-state index in [2.05, 4.69) is 15.2 Å². The maximum Gasteiger partial charge on any atom is 0.277 e. The van der Waals surface area contributed by atoms with Gasteiger partial charge in [-0.05, 0) is 12.1 Å². The molecule has 7 heteroatoms. The summed E-state index contributed by atoms with van der Waals surface area (Å²) in [5.41, 5.74) is 0.810. The Morgan fingerprint density at radius 2 is 2.17 bits per heavy atom. The molecular formula is C11H11N3O3S. The topological polar surface area (TPSA) is 70.3 Å². The largest absolute Gasteiger partial charge is 0.411 e. The number of aromatic nitrogens is 3. The van der Waals surface area contributed by atoms with Crippen molar-refractivity contribution in [2.45, 2.75) is 11.5 Å². The van der Waals surface area contributed by atoms with E-state index in [1.807, 2.05) is 12.1 Å². The second-order valence-corrected chi connectivity index (χ2v) is 4.57. The van der Waals surface area contributed by atoms with Gasteiger partial charge in [0.05, 0.1) is 24.5 Å². The van der Waals surface area contributed by atoms with Crippen LogP contribution in [0.3, 0.4) is 0 Å². The molecular weight excluding hydrogens is 254 g/mol. The molecule has 3 heterocycles. The molecule has 94 valence electrons. The number of hydrogen-bond acceptors (Lipinski definition) is 7. The van der Waals surface area contributed by atoms with Gasteiger partial charge in [0.15, 0.2) is 6.29 Å². The first-order chi connectivity index (χ1) is 8.92. The summed E-state index contributed by atoms with van der Waals surface area (Å²) < 4.78 is 16.2. The van der Waals surface area contributed by atoms with Crippen molar-refractivity contribution < 1.29 is 13.9 Å². The van der Waals surface area contributed by atoms with Crippen molar-refractivity contribution in [2.75, 3.05) is 19.0 Å². The van der Waals surface area contributed by atoms with E-state index in [0.717, 1.165) is 5.56 Å². The third-order valence-electron chi connectivity index (χ3n) is 2.35. The Labute approximate surface area is 108 Å². The van der Waals surface area contributed by atoms with Gasteiger partial charge in [-0.2, -0.15) is 0 Å². The molecule has 2 aromatic heterocycles. The zero-order chi connectivity index (χ0) is 12.2. The van der Waals surface area contributed by atoms with Crippen LogP contribution in [0.4, 0.5) is 0 Å². The van der Waals surface area contributed by atoms with Gasteiger partial charge in [-0.1, -0.05) is 11.8 Å². The Bertz CT molecular complexity index is 499. The molecule has 0 unspecified atom stereocenters. The van der Waals surface area contributed by atoms with E-state index in [-0.39, 0.29) is 6.29 Å².